The standard InChI is InChI=1S/C23H30N2O4S2/c1-4-17-25(31(28,29)23-16-10-6-12-19(23)3)21-14-8-7-13-20(21)24-30(26,27)22-15-9-5-11-18(22)2/h4-6,9-12,15-16,20-21,24H,1,7-8,13-14,17H2,2-3H3/t20-,21+/m1/s1. The molecule has 3 rings (SSSR count). The highest BCUT2D eigenvalue weighted by Crippen LogP contribution is 2.30. The molecule has 1 saturated carbocycles. The number of aryl methyl sites for hydroxylation is 2. The first-order chi connectivity index (χ1) is 14.7. The largest absolute Gasteiger partial charge is 0.243 e. The van der Waals surface area contributed by atoms with Crippen LogP contribution in [0, 0.1) is 13.8 Å². The SMILES string of the molecule is C=CCN([C@H]1CCCC[C@H]1NS(=O)(=O)c1ccccc1C)S(=O)(=O)c1ccccc1C. The molecule has 0 bridgehead atoms. The third-order valence-electron chi connectivity index (χ3n) is 5.78. The van der Waals surface area contributed by atoms with Gasteiger partial charge in [0.1, 0.15) is 0 Å². The summed E-state index contributed by atoms with van der Waals surface area (Å²) in [5.41, 5.74) is 1.31. The van der Waals surface area contributed by atoms with Crippen LogP contribution in [0.15, 0.2) is 71.0 Å². The molecule has 0 unspecified atom stereocenters. The van der Waals surface area contributed by atoms with Crippen molar-refractivity contribution in [3.05, 3.63) is 72.3 Å². The van der Waals surface area contributed by atoms with Crippen LogP contribution in [-0.2, 0) is 20.0 Å². The van der Waals surface area contributed by atoms with Gasteiger partial charge < -0.3 is 0 Å². The molecule has 0 aromatic heterocycles. The van der Waals surface area contributed by atoms with Gasteiger partial charge in [-0.1, -0.05) is 55.3 Å². The van der Waals surface area contributed by atoms with Gasteiger partial charge in [0, 0.05) is 18.6 Å². The minimum atomic E-state index is -3.83. The molecule has 8 heteroatoms. The van der Waals surface area contributed by atoms with E-state index in [1.807, 2.05) is 0 Å². The van der Waals surface area contributed by atoms with E-state index in [1.165, 1.54) is 4.31 Å². The Hall–Kier alpha value is -2.00. The summed E-state index contributed by atoms with van der Waals surface area (Å²) < 4.78 is 57.6. The van der Waals surface area contributed by atoms with Gasteiger partial charge in [-0.3, -0.25) is 0 Å². The van der Waals surface area contributed by atoms with Gasteiger partial charge in [0.25, 0.3) is 0 Å². The van der Waals surface area contributed by atoms with Crippen LogP contribution in [0.5, 0.6) is 0 Å². The zero-order valence-corrected chi connectivity index (χ0v) is 19.6. The maximum absolute atomic E-state index is 13.6. The van der Waals surface area contributed by atoms with E-state index < -0.39 is 32.1 Å². The molecule has 0 heterocycles. The van der Waals surface area contributed by atoms with Crippen molar-refractivity contribution in [2.45, 2.75) is 61.4 Å². The zero-order valence-electron chi connectivity index (χ0n) is 18.0. The number of sulfonamides is 2. The Kier molecular flexibility index (Phi) is 7.36. The molecule has 0 radical (unpaired) electrons. The maximum Gasteiger partial charge on any atom is 0.243 e. The van der Waals surface area contributed by atoms with Crippen molar-refractivity contribution >= 4 is 20.0 Å². The second-order valence-electron chi connectivity index (χ2n) is 7.97. The molecule has 1 aliphatic rings. The lowest BCUT2D eigenvalue weighted by atomic mass is 9.91. The van der Waals surface area contributed by atoms with Gasteiger partial charge in [-0.15, -0.1) is 6.58 Å². The molecule has 1 fully saturated rings. The quantitative estimate of drug-likeness (QED) is 0.606. The first kappa shape index (κ1) is 23.7. The third-order valence-corrected chi connectivity index (χ3v) is 9.48. The highest BCUT2D eigenvalue weighted by molar-refractivity contribution is 7.89. The maximum atomic E-state index is 13.6. The van der Waals surface area contributed by atoms with Gasteiger partial charge >= 0.3 is 0 Å². The molecule has 6 nitrogen and oxygen atoms in total. The van der Waals surface area contributed by atoms with Crippen LogP contribution in [0.2, 0.25) is 0 Å². The molecule has 0 saturated heterocycles. The average Bonchev–Trinajstić information content (AvgIpc) is 2.72. The Balaban J connectivity index is 1.98. The van der Waals surface area contributed by atoms with Gasteiger partial charge in [-0.25, -0.2) is 21.6 Å². The van der Waals surface area contributed by atoms with Crippen LogP contribution in [0.3, 0.4) is 0 Å². The van der Waals surface area contributed by atoms with Crippen LogP contribution in [0.1, 0.15) is 36.8 Å². The van der Waals surface area contributed by atoms with Crippen LogP contribution >= 0.6 is 0 Å². The fourth-order valence-electron chi connectivity index (χ4n) is 4.23. The van der Waals surface area contributed by atoms with Crippen LogP contribution in [-0.4, -0.2) is 39.8 Å². The third kappa shape index (κ3) is 5.09. The summed E-state index contributed by atoms with van der Waals surface area (Å²) in [7, 11) is -7.62. The minimum Gasteiger partial charge on any atom is -0.207 e. The van der Waals surface area contributed by atoms with Gasteiger partial charge in [0.15, 0.2) is 0 Å². The number of nitrogens with one attached hydrogen (secondary N) is 1. The summed E-state index contributed by atoms with van der Waals surface area (Å²) in [6, 6.07) is 12.6. The smallest absolute Gasteiger partial charge is 0.207 e. The van der Waals surface area contributed by atoms with Crippen LogP contribution in [0.25, 0.3) is 0 Å². The van der Waals surface area contributed by atoms with E-state index in [-0.39, 0.29) is 16.3 Å². The van der Waals surface area contributed by atoms with E-state index in [2.05, 4.69) is 11.3 Å². The van der Waals surface area contributed by atoms with E-state index in [4.69, 9.17) is 0 Å². The average molecular weight is 463 g/mol. The van der Waals surface area contributed by atoms with Crippen molar-refractivity contribution in [1.82, 2.24) is 9.03 Å². The van der Waals surface area contributed by atoms with E-state index >= 15 is 0 Å². The lowest BCUT2D eigenvalue weighted by Gasteiger charge is -2.39. The zero-order chi connectivity index (χ0) is 22.6. The number of hydrogen-bond donors (Lipinski definition) is 1. The molecule has 2 aromatic rings. The van der Waals surface area contributed by atoms with E-state index in [9.17, 15) is 16.8 Å². The molecular formula is C23H30N2O4S2. The van der Waals surface area contributed by atoms with Crippen molar-refractivity contribution in [3.8, 4) is 0 Å². The summed E-state index contributed by atoms with van der Waals surface area (Å²) in [6.07, 6.45) is 4.39. The fourth-order valence-corrected chi connectivity index (χ4v) is 7.66. The monoisotopic (exact) mass is 462 g/mol. The molecule has 168 valence electrons. The molecular weight excluding hydrogens is 432 g/mol. The first-order valence-electron chi connectivity index (χ1n) is 10.4. The lowest BCUT2D eigenvalue weighted by Crippen LogP contribution is -2.55. The molecule has 2 atom stereocenters. The van der Waals surface area contributed by atoms with Crippen molar-refractivity contribution in [2.24, 2.45) is 0 Å². The molecule has 0 amide bonds. The summed E-state index contributed by atoms with van der Waals surface area (Å²) in [4.78, 5) is 0.458. The van der Waals surface area contributed by atoms with Gasteiger partial charge in [0.2, 0.25) is 20.0 Å². The van der Waals surface area contributed by atoms with Crippen molar-refractivity contribution in [1.29, 1.82) is 0 Å². The Labute approximate surface area is 186 Å². The number of nitrogens with zero attached hydrogens (tertiary/aromatic N) is 1. The van der Waals surface area contributed by atoms with Gasteiger partial charge in [-0.2, -0.15) is 4.31 Å². The Morgan fingerprint density at radius 3 is 2.06 bits per heavy atom. The summed E-state index contributed by atoms with van der Waals surface area (Å²) >= 11 is 0. The Bertz CT molecular complexity index is 1140. The van der Waals surface area contributed by atoms with Crippen molar-refractivity contribution in [2.75, 3.05) is 6.54 Å². The number of rotatable bonds is 8. The summed E-state index contributed by atoms with van der Waals surface area (Å²) in [6.45, 7) is 7.37. The molecule has 2 aromatic carbocycles. The second-order valence-corrected chi connectivity index (χ2v) is 11.5. The van der Waals surface area contributed by atoms with E-state index in [1.54, 1.807) is 68.5 Å². The molecule has 0 aliphatic heterocycles. The molecule has 1 N–H and O–H groups in total. The second kappa shape index (κ2) is 9.65. The van der Waals surface area contributed by atoms with Crippen LogP contribution < -0.4 is 4.72 Å². The Morgan fingerprint density at radius 1 is 0.935 bits per heavy atom. The highest BCUT2D eigenvalue weighted by Gasteiger charge is 2.39. The highest BCUT2D eigenvalue weighted by atomic mass is 32.2. The topological polar surface area (TPSA) is 83.6 Å². The van der Waals surface area contributed by atoms with E-state index in [0.717, 1.165) is 12.8 Å². The van der Waals surface area contributed by atoms with Crippen LogP contribution in [0.4, 0.5) is 0 Å². The summed E-state index contributed by atoms with van der Waals surface area (Å²) in [5, 5.41) is 0. The fraction of sp³-hybridized carbons (Fsp3) is 0.391. The Morgan fingerprint density at radius 2 is 1.48 bits per heavy atom. The number of benzene rings is 2. The van der Waals surface area contributed by atoms with Crippen molar-refractivity contribution < 1.29 is 16.8 Å². The summed E-state index contributed by atoms with van der Waals surface area (Å²) in [5.74, 6) is 0. The molecule has 1 aliphatic carbocycles. The lowest BCUT2D eigenvalue weighted by molar-refractivity contribution is 0.226. The predicted octanol–water partition coefficient (Wildman–Crippen LogP) is 3.77. The molecule has 31 heavy (non-hydrogen) atoms. The first-order valence-corrected chi connectivity index (χ1v) is 13.4. The number of hydrogen-bond acceptors (Lipinski definition) is 4. The van der Waals surface area contributed by atoms with Crippen molar-refractivity contribution in [3.63, 3.8) is 0 Å². The predicted molar refractivity (Wildman–Crippen MR) is 123 cm³/mol. The van der Waals surface area contributed by atoms with E-state index in [0.29, 0.717) is 24.0 Å². The van der Waals surface area contributed by atoms with Gasteiger partial charge in [0.05, 0.1) is 9.79 Å². The molecule has 0 spiro atoms. The normalized spacial score (nSPS) is 20.0. The minimum absolute atomic E-state index is 0.115. The van der Waals surface area contributed by atoms with Gasteiger partial charge in [-0.05, 0) is 49.9 Å².